The van der Waals surface area contributed by atoms with Gasteiger partial charge in [-0.1, -0.05) is 56.1 Å². The summed E-state index contributed by atoms with van der Waals surface area (Å²) < 4.78 is 2.35. The summed E-state index contributed by atoms with van der Waals surface area (Å²) in [6.07, 6.45) is 0. The molecule has 0 heterocycles. The lowest BCUT2D eigenvalue weighted by molar-refractivity contribution is 1.47. The van der Waals surface area contributed by atoms with E-state index in [0.29, 0.717) is 0 Å². The first-order valence-electron chi connectivity index (χ1n) is 4.37. The van der Waals surface area contributed by atoms with E-state index in [2.05, 4.69) is 68.3 Å². The van der Waals surface area contributed by atoms with Crippen molar-refractivity contribution >= 4 is 31.9 Å². The molecule has 3 rings (SSSR count). The average molecular weight is 310 g/mol. The minimum atomic E-state index is 1.18. The molecule has 0 aromatic heterocycles. The second kappa shape index (κ2) is 2.94. The van der Waals surface area contributed by atoms with Gasteiger partial charge in [0.05, 0.1) is 0 Å². The maximum Gasteiger partial charge on any atom is 0.0261 e. The van der Waals surface area contributed by atoms with E-state index in [0.717, 1.165) is 0 Å². The van der Waals surface area contributed by atoms with E-state index in [1.165, 1.54) is 31.2 Å². The van der Waals surface area contributed by atoms with Crippen molar-refractivity contribution in [3.8, 4) is 22.3 Å². The lowest BCUT2D eigenvalue weighted by Crippen LogP contribution is -1.99. The average Bonchev–Trinajstić information content (AvgIpc) is 2.16. The van der Waals surface area contributed by atoms with Gasteiger partial charge in [0.1, 0.15) is 0 Å². The fraction of sp³-hybridized carbons (Fsp3) is 0. The third-order valence-electron chi connectivity index (χ3n) is 2.57. The molecule has 0 amide bonds. The Hall–Kier alpha value is -0.600. The van der Waals surface area contributed by atoms with Crippen LogP contribution in [0.4, 0.5) is 0 Å². The Morgan fingerprint density at radius 2 is 1.07 bits per heavy atom. The van der Waals surface area contributed by atoms with Gasteiger partial charge in [-0.2, -0.15) is 0 Å². The van der Waals surface area contributed by atoms with E-state index >= 15 is 0 Å². The zero-order valence-electron chi connectivity index (χ0n) is 7.22. The molecular weight excluding hydrogens is 304 g/mol. The molecule has 0 aliphatic heterocycles. The molecule has 2 aromatic rings. The van der Waals surface area contributed by atoms with E-state index in [9.17, 15) is 0 Å². The van der Waals surface area contributed by atoms with Crippen molar-refractivity contribution in [2.75, 3.05) is 0 Å². The summed E-state index contributed by atoms with van der Waals surface area (Å²) in [6.45, 7) is 0. The predicted octanol–water partition coefficient (Wildman–Crippen LogP) is 4.86. The van der Waals surface area contributed by atoms with Crippen LogP contribution < -0.4 is 0 Å². The molecule has 0 saturated carbocycles. The molecule has 0 unspecified atom stereocenters. The van der Waals surface area contributed by atoms with Gasteiger partial charge in [-0.15, -0.1) is 0 Å². The molecule has 2 heteroatoms. The van der Waals surface area contributed by atoms with Crippen molar-refractivity contribution in [2.45, 2.75) is 0 Å². The highest BCUT2D eigenvalue weighted by molar-refractivity contribution is 9.11. The normalized spacial score (nSPS) is 11.6. The van der Waals surface area contributed by atoms with E-state index in [1.54, 1.807) is 0 Å². The van der Waals surface area contributed by atoms with Gasteiger partial charge in [0.2, 0.25) is 0 Å². The minimum Gasteiger partial charge on any atom is -0.0616 e. The van der Waals surface area contributed by atoms with Crippen molar-refractivity contribution in [1.82, 2.24) is 0 Å². The summed E-state index contributed by atoms with van der Waals surface area (Å²) in [5.41, 5.74) is 5.34. The Morgan fingerprint density at radius 3 is 1.50 bits per heavy atom. The Morgan fingerprint density at radius 1 is 0.643 bits per heavy atom. The van der Waals surface area contributed by atoms with Gasteiger partial charge in [-0.05, 0) is 23.3 Å². The summed E-state index contributed by atoms with van der Waals surface area (Å²) in [5, 5.41) is 0. The SMILES string of the molecule is Brc1ccc(Br)c2c1-c1ccccc1-2. The number of halogens is 2. The van der Waals surface area contributed by atoms with Crippen LogP contribution in [0.3, 0.4) is 0 Å². The van der Waals surface area contributed by atoms with Crippen molar-refractivity contribution in [1.29, 1.82) is 0 Å². The lowest BCUT2D eigenvalue weighted by atomic mass is 9.81. The molecule has 68 valence electrons. The predicted molar refractivity (Wildman–Crippen MR) is 66.3 cm³/mol. The molecule has 0 spiro atoms. The van der Waals surface area contributed by atoms with Crippen molar-refractivity contribution in [3.63, 3.8) is 0 Å². The van der Waals surface area contributed by atoms with E-state index in [-0.39, 0.29) is 0 Å². The quantitative estimate of drug-likeness (QED) is 0.556. The highest BCUT2D eigenvalue weighted by Gasteiger charge is 2.25. The Labute approximate surface area is 99.2 Å². The Bertz CT molecular complexity index is 482. The topological polar surface area (TPSA) is 0 Å². The molecule has 0 atom stereocenters. The molecule has 0 N–H and O–H groups in total. The Kier molecular flexibility index (Phi) is 1.83. The number of fused-ring (bicyclic) bond motifs is 4. The van der Waals surface area contributed by atoms with Crippen molar-refractivity contribution < 1.29 is 0 Å². The molecule has 0 radical (unpaired) electrons. The maximum atomic E-state index is 3.58. The first kappa shape index (κ1) is 8.69. The second-order valence-corrected chi connectivity index (χ2v) is 5.03. The van der Waals surface area contributed by atoms with Crippen molar-refractivity contribution in [3.05, 3.63) is 45.3 Å². The summed E-state index contributed by atoms with van der Waals surface area (Å²) >= 11 is 7.16. The van der Waals surface area contributed by atoms with Gasteiger partial charge in [-0.3, -0.25) is 0 Å². The maximum absolute atomic E-state index is 3.58. The molecular formula is C12H6Br2. The van der Waals surface area contributed by atoms with Crippen LogP contribution in [0.2, 0.25) is 0 Å². The van der Waals surface area contributed by atoms with Crippen LogP contribution in [-0.2, 0) is 0 Å². The van der Waals surface area contributed by atoms with Crippen LogP contribution in [0.5, 0.6) is 0 Å². The van der Waals surface area contributed by atoms with Gasteiger partial charge in [0.25, 0.3) is 0 Å². The van der Waals surface area contributed by atoms with E-state index in [4.69, 9.17) is 0 Å². The smallest absolute Gasteiger partial charge is 0.0261 e. The summed E-state index contributed by atoms with van der Waals surface area (Å²) in [6, 6.07) is 12.6. The van der Waals surface area contributed by atoms with Gasteiger partial charge < -0.3 is 0 Å². The van der Waals surface area contributed by atoms with E-state index in [1.807, 2.05) is 0 Å². The van der Waals surface area contributed by atoms with Crippen LogP contribution >= 0.6 is 31.9 Å². The molecule has 0 bridgehead atoms. The molecule has 2 aromatic carbocycles. The first-order valence-corrected chi connectivity index (χ1v) is 5.95. The standard InChI is InChI=1S/C12H6Br2/c13-9-5-6-10(14)12-8-4-2-1-3-7(8)11(9)12/h1-6H. The van der Waals surface area contributed by atoms with E-state index < -0.39 is 0 Å². The highest BCUT2D eigenvalue weighted by atomic mass is 79.9. The summed E-state index contributed by atoms with van der Waals surface area (Å²) in [5.74, 6) is 0. The zero-order chi connectivity index (χ0) is 9.71. The van der Waals surface area contributed by atoms with Crippen LogP contribution in [0.25, 0.3) is 22.3 Å². The van der Waals surface area contributed by atoms with Crippen molar-refractivity contribution in [2.24, 2.45) is 0 Å². The lowest BCUT2D eigenvalue weighted by Gasteiger charge is -2.26. The zero-order valence-corrected chi connectivity index (χ0v) is 10.4. The fourth-order valence-corrected chi connectivity index (χ4v) is 3.02. The monoisotopic (exact) mass is 308 g/mol. The largest absolute Gasteiger partial charge is 0.0616 e. The summed E-state index contributed by atoms with van der Waals surface area (Å²) in [4.78, 5) is 0. The van der Waals surface area contributed by atoms with Gasteiger partial charge in [0.15, 0.2) is 0 Å². The number of rotatable bonds is 0. The highest BCUT2D eigenvalue weighted by Crippen LogP contribution is 2.53. The van der Waals surface area contributed by atoms with Crippen LogP contribution in [0.15, 0.2) is 45.3 Å². The van der Waals surface area contributed by atoms with Crippen LogP contribution in [0.1, 0.15) is 0 Å². The van der Waals surface area contributed by atoms with Gasteiger partial charge >= 0.3 is 0 Å². The third-order valence-corrected chi connectivity index (χ3v) is 3.89. The van der Waals surface area contributed by atoms with Gasteiger partial charge in [-0.25, -0.2) is 0 Å². The second-order valence-electron chi connectivity index (χ2n) is 3.32. The number of hydrogen-bond acceptors (Lipinski definition) is 0. The fourth-order valence-electron chi connectivity index (χ4n) is 1.94. The molecule has 0 fully saturated rings. The van der Waals surface area contributed by atoms with Gasteiger partial charge in [0, 0.05) is 20.1 Å². The molecule has 1 aliphatic carbocycles. The first-order chi connectivity index (χ1) is 6.79. The summed E-state index contributed by atoms with van der Waals surface area (Å²) in [7, 11) is 0. The minimum absolute atomic E-state index is 1.18. The third kappa shape index (κ3) is 0.984. The molecule has 0 saturated heterocycles. The van der Waals surface area contributed by atoms with Crippen LogP contribution in [-0.4, -0.2) is 0 Å². The number of hydrogen-bond donors (Lipinski definition) is 0. The molecule has 1 aliphatic rings. The Balaban J connectivity index is 2.37. The molecule has 0 nitrogen and oxygen atoms in total. The molecule has 14 heavy (non-hydrogen) atoms. The number of benzene rings is 2. The van der Waals surface area contributed by atoms with Crippen LogP contribution in [0, 0.1) is 0 Å².